The summed E-state index contributed by atoms with van der Waals surface area (Å²) in [6.45, 7) is 22.4. The largest absolute Gasteiger partial charge is 0.394 e. The number of fused-ring (bicyclic) bond motifs is 1. The molecular formula is C35H51N3O5. The van der Waals surface area contributed by atoms with Gasteiger partial charge in [0.2, 0.25) is 17.7 Å². The predicted octanol–water partition coefficient (Wildman–Crippen LogP) is 4.43. The van der Waals surface area contributed by atoms with Crippen molar-refractivity contribution in [3.05, 3.63) is 61.2 Å². The summed E-state index contributed by atoms with van der Waals surface area (Å²) < 4.78 is 6.98. The van der Waals surface area contributed by atoms with Crippen molar-refractivity contribution in [2.45, 2.75) is 96.7 Å². The zero-order valence-corrected chi connectivity index (χ0v) is 27.1. The van der Waals surface area contributed by atoms with E-state index in [9.17, 15) is 19.5 Å². The molecule has 3 amide bonds. The van der Waals surface area contributed by atoms with Crippen molar-refractivity contribution in [3.8, 4) is 0 Å². The number of likely N-dealkylation sites (tertiary alicyclic amines) is 1. The van der Waals surface area contributed by atoms with Gasteiger partial charge in [0.25, 0.3) is 0 Å². The minimum atomic E-state index is -1.19. The summed E-state index contributed by atoms with van der Waals surface area (Å²) in [5.41, 5.74) is -1.70. The lowest BCUT2D eigenvalue weighted by Crippen LogP contribution is -2.62. The molecule has 2 bridgehead atoms. The smallest absolute Gasteiger partial charge is 0.249 e. The first kappa shape index (κ1) is 32.9. The second-order valence-corrected chi connectivity index (χ2v) is 14.3. The molecule has 8 heteroatoms. The second-order valence-electron chi connectivity index (χ2n) is 14.3. The van der Waals surface area contributed by atoms with E-state index in [1.165, 1.54) is 0 Å². The lowest BCUT2D eigenvalue weighted by atomic mass is 9.62. The van der Waals surface area contributed by atoms with Crippen LogP contribution in [0.4, 0.5) is 0 Å². The van der Waals surface area contributed by atoms with Gasteiger partial charge >= 0.3 is 0 Å². The number of benzene rings is 1. The molecule has 8 nitrogen and oxygen atoms in total. The normalized spacial score (nSPS) is 30.3. The molecule has 236 valence electrons. The Morgan fingerprint density at radius 3 is 2.30 bits per heavy atom. The van der Waals surface area contributed by atoms with Crippen molar-refractivity contribution in [2.75, 3.05) is 19.7 Å². The first-order valence-corrected chi connectivity index (χ1v) is 15.7. The van der Waals surface area contributed by atoms with Gasteiger partial charge in [-0.3, -0.25) is 14.4 Å². The van der Waals surface area contributed by atoms with Crippen LogP contribution in [0.1, 0.15) is 66.9 Å². The van der Waals surface area contributed by atoms with Gasteiger partial charge in [-0.15, -0.1) is 13.2 Å². The zero-order valence-electron chi connectivity index (χ0n) is 27.1. The van der Waals surface area contributed by atoms with Crippen LogP contribution in [0.2, 0.25) is 0 Å². The minimum absolute atomic E-state index is 0.0803. The van der Waals surface area contributed by atoms with Crippen LogP contribution in [0.3, 0.4) is 0 Å². The Morgan fingerprint density at radius 1 is 1.14 bits per heavy atom. The molecule has 43 heavy (non-hydrogen) atoms. The van der Waals surface area contributed by atoms with Gasteiger partial charge in [-0.05, 0) is 57.9 Å². The van der Waals surface area contributed by atoms with Crippen molar-refractivity contribution < 1.29 is 24.2 Å². The van der Waals surface area contributed by atoms with Crippen molar-refractivity contribution in [1.29, 1.82) is 0 Å². The van der Waals surface area contributed by atoms with Crippen LogP contribution in [-0.2, 0) is 25.7 Å². The SMILES string of the molecule is C=CCN(Cc1ccccc1)C(=O)[C@H]1[C@H]2C(=O)N([C@@H](CO)CC(C)C)C(C(=O)N(CC=C)C(C)(C)C)C23CC(C)[C@]1(C)O3. The summed E-state index contributed by atoms with van der Waals surface area (Å²) in [6, 6.07) is 8.21. The van der Waals surface area contributed by atoms with Gasteiger partial charge < -0.3 is 24.5 Å². The van der Waals surface area contributed by atoms with E-state index in [4.69, 9.17) is 4.74 Å². The molecule has 0 aromatic heterocycles. The topological polar surface area (TPSA) is 90.4 Å². The first-order valence-electron chi connectivity index (χ1n) is 15.7. The van der Waals surface area contributed by atoms with E-state index < -0.39 is 40.7 Å². The summed E-state index contributed by atoms with van der Waals surface area (Å²) in [6.07, 6.45) is 4.39. The molecule has 7 atom stereocenters. The van der Waals surface area contributed by atoms with Gasteiger partial charge in [0, 0.05) is 25.2 Å². The molecule has 3 aliphatic heterocycles. The van der Waals surface area contributed by atoms with Crippen molar-refractivity contribution in [3.63, 3.8) is 0 Å². The van der Waals surface area contributed by atoms with Crippen LogP contribution in [0.5, 0.6) is 0 Å². The Balaban J connectivity index is 1.86. The molecule has 0 saturated carbocycles. The molecule has 1 spiro atoms. The fourth-order valence-corrected chi connectivity index (χ4v) is 7.91. The number of carbonyl (C=O) groups is 3. The van der Waals surface area contributed by atoms with Crippen molar-refractivity contribution >= 4 is 17.7 Å². The molecule has 3 unspecified atom stereocenters. The van der Waals surface area contributed by atoms with Crippen LogP contribution in [0, 0.1) is 23.7 Å². The number of hydrogen-bond donors (Lipinski definition) is 1. The van der Waals surface area contributed by atoms with Gasteiger partial charge in [-0.2, -0.15) is 0 Å². The lowest BCUT2D eigenvalue weighted by molar-refractivity contribution is -0.160. The Morgan fingerprint density at radius 2 is 1.77 bits per heavy atom. The summed E-state index contributed by atoms with van der Waals surface area (Å²) in [5.74, 6) is -2.22. The number of aliphatic hydroxyl groups excluding tert-OH is 1. The molecule has 1 aromatic rings. The van der Waals surface area contributed by atoms with Crippen molar-refractivity contribution in [1.82, 2.24) is 14.7 Å². The predicted molar refractivity (Wildman–Crippen MR) is 168 cm³/mol. The average molecular weight is 594 g/mol. The molecule has 3 saturated heterocycles. The van der Waals surface area contributed by atoms with Crippen molar-refractivity contribution in [2.24, 2.45) is 23.7 Å². The van der Waals surface area contributed by atoms with E-state index in [0.717, 1.165) is 5.56 Å². The van der Waals surface area contributed by atoms with E-state index in [2.05, 4.69) is 20.1 Å². The lowest BCUT2D eigenvalue weighted by Gasteiger charge is -2.43. The van der Waals surface area contributed by atoms with E-state index in [-0.39, 0.29) is 36.2 Å². The fourth-order valence-electron chi connectivity index (χ4n) is 7.91. The van der Waals surface area contributed by atoms with E-state index in [1.54, 1.807) is 26.9 Å². The number of aliphatic hydroxyl groups is 1. The fraction of sp³-hybridized carbons (Fsp3) is 0.629. The van der Waals surface area contributed by atoms with Gasteiger partial charge in [0.1, 0.15) is 11.6 Å². The highest BCUT2D eigenvalue weighted by atomic mass is 16.5. The molecule has 1 N–H and O–H groups in total. The van der Waals surface area contributed by atoms with Crippen LogP contribution >= 0.6 is 0 Å². The standard InChI is InChI=1S/C35H51N3O5/c1-10-17-36(21-25-15-13-12-14-16-25)30(40)27-28-31(41)38(26(22-39)19-23(3)4)29(32(42)37(18-11-2)33(6,7)8)35(28)20-24(5)34(27,9)43-35/h10-16,23-24,26-29,39H,1-2,17-22H2,3-9H3/t24?,26-,27-,28+,29?,34+,35?/m1/s1. The summed E-state index contributed by atoms with van der Waals surface area (Å²) in [5, 5.41) is 10.6. The maximum atomic E-state index is 14.8. The summed E-state index contributed by atoms with van der Waals surface area (Å²) in [7, 11) is 0. The van der Waals surface area contributed by atoms with Gasteiger partial charge in [-0.1, -0.05) is 63.3 Å². The quantitative estimate of drug-likeness (QED) is 0.362. The maximum Gasteiger partial charge on any atom is 0.249 e. The van der Waals surface area contributed by atoms with E-state index in [0.29, 0.717) is 32.5 Å². The molecule has 0 aliphatic carbocycles. The Bertz CT molecular complexity index is 1230. The van der Waals surface area contributed by atoms with E-state index in [1.807, 2.05) is 71.9 Å². The zero-order chi connectivity index (χ0) is 31.9. The average Bonchev–Trinajstić information content (AvgIpc) is 3.45. The Kier molecular flexibility index (Phi) is 9.34. The highest BCUT2D eigenvalue weighted by Crippen LogP contribution is 2.66. The number of ether oxygens (including phenoxy) is 1. The molecule has 3 heterocycles. The molecule has 0 radical (unpaired) electrons. The van der Waals surface area contributed by atoms with Crippen LogP contribution in [0.25, 0.3) is 0 Å². The third kappa shape index (κ3) is 5.57. The van der Waals surface area contributed by atoms with Gasteiger partial charge in [0.05, 0.1) is 30.1 Å². The summed E-state index contributed by atoms with van der Waals surface area (Å²) >= 11 is 0. The monoisotopic (exact) mass is 593 g/mol. The number of amides is 3. The minimum Gasteiger partial charge on any atom is -0.394 e. The van der Waals surface area contributed by atoms with Gasteiger partial charge in [-0.25, -0.2) is 0 Å². The number of nitrogens with zero attached hydrogens (tertiary/aromatic N) is 3. The molecule has 3 fully saturated rings. The van der Waals surface area contributed by atoms with Crippen LogP contribution < -0.4 is 0 Å². The third-order valence-electron chi connectivity index (χ3n) is 9.86. The first-order chi connectivity index (χ1) is 20.2. The Labute approximate surface area is 257 Å². The summed E-state index contributed by atoms with van der Waals surface area (Å²) in [4.78, 5) is 49.2. The third-order valence-corrected chi connectivity index (χ3v) is 9.86. The molecule has 3 aliphatic rings. The van der Waals surface area contributed by atoms with Crippen LogP contribution in [-0.4, -0.2) is 86.0 Å². The molecule has 1 aromatic carbocycles. The number of rotatable bonds is 12. The van der Waals surface area contributed by atoms with Gasteiger partial charge in [0.15, 0.2) is 0 Å². The van der Waals surface area contributed by atoms with Crippen LogP contribution in [0.15, 0.2) is 55.6 Å². The highest BCUT2D eigenvalue weighted by Gasteiger charge is 2.80. The molecule has 4 rings (SSSR count). The Hall–Kier alpha value is -2.97. The molecular weight excluding hydrogens is 542 g/mol. The number of carbonyl (C=O) groups excluding carboxylic acids is 3. The second kappa shape index (κ2) is 12.2. The maximum absolute atomic E-state index is 14.8. The highest BCUT2D eigenvalue weighted by molar-refractivity contribution is 5.99. The number of hydrogen-bond acceptors (Lipinski definition) is 5. The van der Waals surface area contributed by atoms with E-state index >= 15 is 0 Å².